The number of carbonyl (C=O) groups is 1. The van der Waals surface area contributed by atoms with Crippen LogP contribution in [0.5, 0.6) is 5.75 Å². The Morgan fingerprint density at radius 3 is 3.17 bits per heavy atom. The largest absolute Gasteiger partial charge is 0.505 e. The fourth-order valence-electron chi connectivity index (χ4n) is 2.44. The molecule has 5 heteroatoms. The minimum atomic E-state index is -0.105. The highest BCUT2D eigenvalue weighted by Gasteiger charge is 2.29. The minimum absolute atomic E-state index is 0.0505. The second-order valence-corrected chi connectivity index (χ2v) is 4.90. The number of likely N-dealkylation sites (tertiary alicyclic amines) is 1. The van der Waals surface area contributed by atoms with Gasteiger partial charge in [-0.3, -0.25) is 9.78 Å². The van der Waals surface area contributed by atoms with Crippen molar-refractivity contribution in [2.45, 2.75) is 31.7 Å². The zero-order valence-electron chi connectivity index (χ0n) is 10.2. The average Bonchev–Trinajstić information content (AvgIpc) is 2.84. The van der Waals surface area contributed by atoms with E-state index in [-0.39, 0.29) is 17.7 Å². The van der Waals surface area contributed by atoms with E-state index in [1.54, 1.807) is 6.07 Å². The van der Waals surface area contributed by atoms with Gasteiger partial charge in [0.05, 0.1) is 11.8 Å². The molecule has 0 saturated carbocycles. The van der Waals surface area contributed by atoms with E-state index in [9.17, 15) is 9.90 Å². The zero-order chi connectivity index (χ0) is 13.0. The summed E-state index contributed by atoms with van der Waals surface area (Å²) in [5.41, 5.74) is 0.336. The van der Waals surface area contributed by atoms with Gasteiger partial charge in [0.2, 0.25) is 0 Å². The first-order valence-electron chi connectivity index (χ1n) is 6.24. The molecule has 1 N–H and O–H groups in total. The van der Waals surface area contributed by atoms with Gasteiger partial charge in [0, 0.05) is 24.7 Å². The Kier molecular flexibility index (Phi) is 4.42. The van der Waals surface area contributed by atoms with Crippen molar-refractivity contribution in [3.63, 3.8) is 0 Å². The number of carbonyl (C=O) groups excluding carboxylic acids is 1. The summed E-state index contributed by atoms with van der Waals surface area (Å²) < 4.78 is 0. The van der Waals surface area contributed by atoms with E-state index in [4.69, 9.17) is 11.6 Å². The Hall–Kier alpha value is -1.29. The first-order chi connectivity index (χ1) is 8.74. The lowest BCUT2D eigenvalue weighted by Crippen LogP contribution is -2.35. The summed E-state index contributed by atoms with van der Waals surface area (Å²) in [7, 11) is 0. The molecule has 4 nitrogen and oxygen atoms in total. The molecule has 1 aromatic rings. The molecule has 18 heavy (non-hydrogen) atoms. The van der Waals surface area contributed by atoms with Gasteiger partial charge in [0.25, 0.3) is 5.91 Å². The standard InChI is InChI=1S/C13H17ClN2O2/c14-6-1-3-10-4-2-8-16(10)13(18)11-5-7-15-9-12(11)17/h5,7,9-10,17H,1-4,6,8H2. The molecule has 1 aromatic heterocycles. The Labute approximate surface area is 112 Å². The van der Waals surface area contributed by atoms with E-state index >= 15 is 0 Å². The van der Waals surface area contributed by atoms with E-state index in [1.807, 2.05) is 4.90 Å². The maximum absolute atomic E-state index is 12.3. The van der Waals surface area contributed by atoms with Crippen LogP contribution in [0.3, 0.4) is 0 Å². The Morgan fingerprint density at radius 1 is 1.61 bits per heavy atom. The fourth-order valence-corrected chi connectivity index (χ4v) is 2.59. The van der Waals surface area contributed by atoms with Gasteiger partial charge in [-0.2, -0.15) is 0 Å². The summed E-state index contributed by atoms with van der Waals surface area (Å²) in [6.45, 7) is 0.757. The maximum Gasteiger partial charge on any atom is 0.257 e. The van der Waals surface area contributed by atoms with Crippen molar-refractivity contribution in [2.24, 2.45) is 0 Å². The molecule has 1 fully saturated rings. The van der Waals surface area contributed by atoms with Crippen LogP contribution < -0.4 is 0 Å². The van der Waals surface area contributed by atoms with Crippen LogP contribution >= 0.6 is 11.6 Å². The van der Waals surface area contributed by atoms with E-state index in [2.05, 4.69) is 4.98 Å². The topological polar surface area (TPSA) is 53.4 Å². The summed E-state index contributed by atoms with van der Waals surface area (Å²) >= 11 is 5.70. The highest BCUT2D eigenvalue weighted by atomic mass is 35.5. The summed E-state index contributed by atoms with van der Waals surface area (Å²) in [6, 6.07) is 1.82. The summed E-state index contributed by atoms with van der Waals surface area (Å²) in [5.74, 6) is 0.469. The van der Waals surface area contributed by atoms with Gasteiger partial charge in [-0.15, -0.1) is 11.6 Å². The second-order valence-electron chi connectivity index (χ2n) is 4.52. The highest BCUT2D eigenvalue weighted by molar-refractivity contribution is 6.17. The third kappa shape index (κ3) is 2.75. The number of pyridine rings is 1. The number of aromatic nitrogens is 1. The number of alkyl halides is 1. The quantitative estimate of drug-likeness (QED) is 0.853. The van der Waals surface area contributed by atoms with Gasteiger partial charge in [-0.1, -0.05) is 0 Å². The van der Waals surface area contributed by atoms with Crippen LogP contribution in [0, 0.1) is 0 Å². The lowest BCUT2D eigenvalue weighted by molar-refractivity contribution is 0.0727. The van der Waals surface area contributed by atoms with Crippen molar-refractivity contribution in [1.29, 1.82) is 0 Å². The summed E-state index contributed by atoms with van der Waals surface area (Å²) in [5, 5.41) is 9.67. The molecule has 1 saturated heterocycles. The van der Waals surface area contributed by atoms with Crippen molar-refractivity contribution in [1.82, 2.24) is 9.88 Å². The molecule has 1 unspecified atom stereocenters. The van der Waals surface area contributed by atoms with Crippen LogP contribution in [0.4, 0.5) is 0 Å². The summed E-state index contributed by atoms with van der Waals surface area (Å²) in [6.07, 6.45) is 6.71. The molecule has 98 valence electrons. The smallest absolute Gasteiger partial charge is 0.257 e. The van der Waals surface area contributed by atoms with Crippen molar-refractivity contribution in [3.8, 4) is 5.75 Å². The lowest BCUT2D eigenvalue weighted by atomic mass is 10.1. The monoisotopic (exact) mass is 268 g/mol. The van der Waals surface area contributed by atoms with Gasteiger partial charge in [-0.25, -0.2) is 0 Å². The van der Waals surface area contributed by atoms with Crippen LogP contribution in [0.25, 0.3) is 0 Å². The number of nitrogens with zero attached hydrogens (tertiary/aromatic N) is 2. The number of hydrogen-bond acceptors (Lipinski definition) is 3. The third-order valence-corrected chi connectivity index (χ3v) is 3.61. The normalized spacial score (nSPS) is 19.2. The second kappa shape index (κ2) is 6.05. The van der Waals surface area contributed by atoms with Crippen LogP contribution in [-0.4, -0.2) is 39.4 Å². The Morgan fingerprint density at radius 2 is 2.44 bits per heavy atom. The van der Waals surface area contributed by atoms with E-state index < -0.39 is 0 Å². The van der Waals surface area contributed by atoms with Crippen molar-refractivity contribution >= 4 is 17.5 Å². The number of rotatable bonds is 4. The van der Waals surface area contributed by atoms with E-state index in [1.165, 1.54) is 12.4 Å². The molecule has 2 heterocycles. The van der Waals surface area contributed by atoms with Crippen LogP contribution in [0.15, 0.2) is 18.5 Å². The fraction of sp³-hybridized carbons (Fsp3) is 0.538. The molecule has 1 amide bonds. The van der Waals surface area contributed by atoms with Gasteiger partial charge < -0.3 is 10.0 Å². The number of aromatic hydroxyl groups is 1. The molecule has 0 bridgehead atoms. The number of halogens is 1. The van der Waals surface area contributed by atoms with Gasteiger partial charge in [0.1, 0.15) is 5.75 Å². The SMILES string of the molecule is O=C(c1ccncc1O)N1CCCC1CCCCl. The van der Waals surface area contributed by atoms with Crippen molar-refractivity contribution in [2.75, 3.05) is 12.4 Å². The highest BCUT2D eigenvalue weighted by Crippen LogP contribution is 2.26. The van der Waals surface area contributed by atoms with Crippen molar-refractivity contribution < 1.29 is 9.90 Å². The van der Waals surface area contributed by atoms with Crippen LogP contribution in [-0.2, 0) is 0 Å². The molecular weight excluding hydrogens is 252 g/mol. The maximum atomic E-state index is 12.3. The van der Waals surface area contributed by atoms with Crippen LogP contribution in [0.2, 0.25) is 0 Å². The lowest BCUT2D eigenvalue weighted by Gasteiger charge is -2.24. The summed E-state index contributed by atoms with van der Waals surface area (Å²) in [4.78, 5) is 18.0. The number of amides is 1. The molecule has 0 radical (unpaired) electrons. The van der Waals surface area contributed by atoms with E-state index in [0.29, 0.717) is 11.4 Å². The van der Waals surface area contributed by atoms with E-state index in [0.717, 1.165) is 32.2 Å². The predicted octanol–water partition coefficient (Wildman–Crippen LogP) is 2.41. The molecule has 1 aliphatic heterocycles. The van der Waals surface area contributed by atoms with Crippen molar-refractivity contribution in [3.05, 3.63) is 24.0 Å². The average molecular weight is 269 g/mol. The first kappa shape index (κ1) is 13.1. The molecule has 1 aliphatic rings. The molecule has 0 aromatic carbocycles. The zero-order valence-corrected chi connectivity index (χ0v) is 10.9. The third-order valence-electron chi connectivity index (χ3n) is 3.34. The Bertz CT molecular complexity index is 425. The predicted molar refractivity (Wildman–Crippen MR) is 69.9 cm³/mol. The molecule has 0 aliphatic carbocycles. The van der Waals surface area contributed by atoms with Gasteiger partial charge >= 0.3 is 0 Å². The van der Waals surface area contributed by atoms with Gasteiger partial charge in [-0.05, 0) is 31.7 Å². The number of hydrogen-bond donors (Lipinski definition) is 1. The molecule has 2 rings (SSSR count). The molecule has 1 atom stereocenters. The Balaban J connectivity index is 2.10. The first-order valence-corrected chi connectivity index (χ1v) is 6.77. The van der Waals surface area contributed by atoms with Crippen LogP contribution in [0.1, 0.15) is 36.0 Å². The van der Waals surface area contributed by atoms with Gasteiger partial charge in [0.15, 0.2) is 0 Å². The molecular formula is C13H17ClN2O2. The minimum Gasteiger partial charge on any atom is -0.505 e. The molecule has 0 spiro atoms.